The fraction of sp³-hybridized carbons (Fsp3) is 0.300. The molecule has 2 aromatic rings. The first-order chi connectivity index (χ1) is 6.75. The van der Waals surface area contributed by atoms with E-state index in [-0.39, 0.29) is 6.10 Å². The van der Waals surface area contributed by atoms with Crippen molar-refractivity contribution in [3.63, 3.8) is 0 Å². The standard InChI is InChI=1S/C10H12N2OS/c1-7(13)5-11-8-2-3-9-10(4-8)14-6-12-9/h2-4,6-7,11,13H,5H2,1H3. The average molecular weight is 208 g/mol. The number of anilines is 1. The Labute approximate surface area is 86.4 Å². The van der Waals surface area contributed by atoms with E-state index in [4.69, 9.17) is 5.11 Å². The molecule has 3 nitrogen and oxygen atoms in total. The van der Waals surface area contributed by atoms with E-state index in [1.54, 1.807) is 18.3 Å². The van der Waals surface area contributed by atoms with Gasteiger partial charge in [0.25, 0.3) is 0 Å². The van der Waals surface area contributed by atoms with E-state index < -0.39 is 0 Å². The number of rotatable bonds is 3. The maximum absolute atomic E-state index is 9.11. The zero-order chi connectivity index (χ0) is 9.97. The molecule has 74 valence electrons. The number of thiazole rings is 1. The molecule has 1 heterocycles. The van der Waals surface area contributed by atoms with Gasteiger partial charge in [0.15, 0.2) is 0 Å². The van der Waals surface area contributed by atoms with Gasteiger partial charge in [-0.3, -0.25) is 0 Å². The fourth-order valence-electron chi connectivity index (χ4n) is 1.23. The van der Waals surface area contributed by atoms with Crippen molar-refractivity contribution < 1.29 is 5.11 Å². The van der Waals surface area contributed by atoms with Gasteiger partial charge >= 0.3 is 0 Å². The number of benzene rings is 1. The van der Waals surface area contributed by atoms with Crippen LogP contribution in [0.4, 0.5) is 5.69 Å². The zero-order valence-corrected chi connectivity index (χ0v) is 8.71. The normalized spacial score (nSPS) is 13.0. The molecule has 0 saturated carbocycles. The van der Waals surface area contributed by atoms with Crippen LogP contribution >= 0.6 is 11.3 Å². The van der Waals surface area contributed by atoms with E-state index >= 15 is 0 Å². The van der Waals surface area contributed by atoms with E-state index in [9.17, 15) is 0 Å². The number of fused-ring (bicyclic) bond motifs is 1. The number of nitrogens with one attached hydrogen (secondary N) is 1. The molecule has 0 spiro atoms. The molecule has 0 aliphatic carbocycles. The molecule has 14 heavy (non-hydrogen) atoms. The Hall–Kier alpha value is -1.13. The highest BCUT2D eigenvalue weighted by Gasteiger charge is 1.99. The first-order valence-corrected chi connectivity index (χ1v) is 5.39. The molecule has 0 bridgehead atoms. The van der Waals surface area contributed by atoms with Crippen LogP contribution in [0.5, 0.6) is 0 Å². The Morgan fingerprint density at radius 2 is 2.43 bits per heavy atom. The summed E-state index contributed by atoms with van der Waals surface area (Å²) in [6, 6.07) is 6.01. The van der Waals surface area contributed by atoms with Crippen LogP contribution in [-0.4, -0.2) is 22.7 Å². The van der Waals surface area contributed by atoms with Crippen LogP contribution in [0.15, 0.2) is 23.7 Å². The first-order valence-electron chi connectivity index (χ1n) is 4.51. The molecule has 2 rings (SSSR count). The van der Waals surface area contributed by atoms with Crippen LogP contribution in [0.1, 0.15) is 6.92 Å². The highest BCUT2D eigenvalue weighted by molar-refractivity contribution is 7.16. The summed E-state index contributed by atoms with van der Waals surface area (Å²) in [4.78, 5) is 4.20. The van der Waals surface area contributed by atoms with Crippen molar-refractivity contribution in [2.45, 2.75) is 13.0 Å². The molecule has 2 N–H and O–H groups in total. The molecule has 1 unspecified atom stereocenters. The lowest BCUT2D eigenvalue weighted by molar-refractivity contribution is 0.208. The minimum atomic E-state index is -0.327. The van der Waals surface area contributed by atoms with Crippen molar-refractivity contribution >= 4 is 27.2 Å². The second-order valence-electron chi connectivity index (χ2n) is 3.26. The van der Waals surface area contributed by atoms with Crippen LogP contribution in [0, 0.1) is 0 Å². The number of aliphatic hydroxyl groups excluding tert-OH is 1. The molecule has 0 amide bonds. The molecule has 1 aromatic heterocycles. The third kappa shape index (κ3) is 2.02. The smallest absolute Gasteiger partial charge is 0.0813 e. The molecule has 0 radical (unpaired) electrons. The van der Waals surface area contributed by atoms with Gasteiger partial charge in [0, 0.05) is 12.2 Å². The Balaban J connectivity index is 2.17. The van der Waals surface area contributed by atoms with Crippen molar-refractivity contribution in [3.8, 4) is 0 Å². The van der Waals surface area contributed by atoms with Gasteiger partial charge in [-0.1, -0.05) is 0 Å². The second kappa shape index (κ2) is 3.94. The highest BCUT2D eigenvalue weighted by atomic mass is 32.1. The number of hydrogen-bond acceptors (Lipinski definition) is 4. The monoisotopic (exact) mass is 208 g/mol. The number of hydrogen-bond donors (Lipinski definition) is 2. The summed E-state index contributed by atoms with van der Waals surface area (Å²) in [5, 5.41) is 12.3. The molecule has 1 atom stereocenters. The molecule has 0 aliphatic heterocycles. The summed E-state index contributed by atoms with van der Waals surface area (Å²) in [7, 11) is 0. The second-order valence-corrected chi connectivity index (χ2v) is 4.15. The Morgan fingerprint density at radius 3 is 3.21 bits per heavy atom. The lowest BCUT2D eigenvalue weighted by atomic mass is 10.3. The lowest BCUT2D eigenvalue weighted by Gasteiger charge is -2.07. The van der Waals surface area contributed by atoms with E-state index in [1.807, 2.05) is 17.6 Å². The van der Waals surface area contributed by atoms with Gasteiger partial charge in [-0.15, -0.1) is 11.3 Å². The lowest BCUT2D eigenvalue weighted by Crippen LogP contribution is -2.15. The van der Waals surface area contributed by atoms with Crippen molar-refractivity contribution in [3.05, 3.63) is 23.7 Å². The van der Waals surface area contributed by atoms with Gasteiger partial charge in [0.1, 0.15) is 0 Å². The topological polar surface area (TPSA) is 45.1 Å². The van der Waals surface area contributed by atoms with E-state index in [1.165, 1.54) is 4.70 Å². The summed E-state index contributed by atoms with van der Waals surface area (Å²) in [6.45, 7) is 2.34. The largest absolute Gasteiger partial charge is 0.392 e. The Bertz CT molecular complexity index is 425. The highest BCUT2D eigenvalue weighted by Crippen LogP contribution is 2.21. The minimum absolute atomic E-state index is 0.327. The maximum atomic E-state index is 9.11. The van der Waals surface area contributed by atoms with E-state index in [2.05, 4.69) is 16.4 Å². The van der Waals surface area contributed by atoms with Gasteiger partial charge in [-0.05, 0) is 25.1 Å². The van der Waals surface area contributed by atoms with Crippen molar-refractivity contribution in [2.24, 2.45) is 0 Å². The van der Waals surface area contributed by atoms with Crippen molar-refractivity contribution in [2.75, 3.05) is 11.9 Å². The molecule has 1 aromatic carbocycles. The van der Waals surface area contributed by atoms with Crippen LogP contribution in [0.3, 0.4) is 0 Å². The van der Waals surface area contributed by atoms with Crippen LogP contribution in [0.25, 0.3) is 10.2 Å². The molecular weight excluding hydrogens is 196 g/mol. The number of aliphatic hydroxyl groups is 1. The molecule has 0 saturated heterocycles. The third-order valence-corrected chi connectivity index (χ3v) is 2.72. The Morgan fingerprint density at radius 1 is 1.57 bits per heavy atom. The van der Waals surface area contributed by atoms with Crippen molar-refractivity contribution in [1.29, 1.82) is 0 Å². The van der Waals surface area contributed by atoms with Gasteiger partial charge in [0.2, 0.25) is 0 Å². The molecule has 0 fully saturated rings. The molecular formula is C10H12N2OS. The van der Waals surface area contributed by atoms with Crippen LogP contribution in [-0.2, 0) is 0 Å². The van der Waals surface area contributed by atoms with Gasteiger partial charge in [0.05, 0.1) is 21.8 Å². The summed E-state index contributed by atoms with van der Waals surface area (Å²) < 4.78 is 1.17. The predicted octanol–water partition coefficient (Wildman–Crippen LogP) is 2.09. The third-order valence-electron chi connectivity index (χ3n) is 1.93. The summed E-state index contributed by atoms with van der Waals surface area (Å²) in [5.41, 5.74) is 3.89. The predicted molar refractivity (Wildman–Crippen MR) is 59.8 cm³/mol. The first kappa shape index (κ1) is 9.43. The van der Waals surface area contributed by atoms with Gasteiger partial charge in [-0.2, -0.15) is 0 Å². The van der Waals surface area contributed by atoms with E-state index in [0.29, 0.717) is 6.54 Å². The SMILES string of the molecule is CC(O)CNc1ccc2ncsc2c1. The summed E-state index contributed by atoms with van der Waals surface area (Å²) in [6.07, 6.45) is -0.327. The Kier molecular flexibility index (Phi) is 2.65. The maximum Gasteiger partial charge on any atom is 0.0813 e. The quantitative estimate of drug-likeness (QED) is 0.811. The number of aromatic nitrogens is 1. The fourth-order valence-corrected chi connectivity index (χ4v) is 1.95. The average Bonchev–Trinajstić information content (AvgIpc) is 2.61. The molecule has 4 heteroatoms. The van der Waals surface area contributed by atoms with Gasteiger partial charge < -0.3 is 10.4 Å². The number of nitrogens with zero attached hydrogens (tertiary/aromatic N) is 1. The van der Waals surface area contributed by atoms with Gasteiger partial charge in [-0.25, -0.2) is 4.98 Å². The zero-order valence-electron chi connectivity index (χ0n) is 7.90. The summed E-state index contributed by atoms with van der Waals surface area (Å²) >= 11 is 1.62. The van der Waals surface area contributed by atoms with Crippen molar-refractivity contribution in [1.82, 2.24) is 4.98 Å². The summed E-state index contributed by atoms with van der Waals surface area (Å²) in [5.74, 6) is 0. The minimum Gasteiger partial charge on any atom is -0.392 e. The molecule has 0 aliphatic rings. The van der Waals surface area contributed by atoms with E-state index in [0.717, 1.165) is 11.2 Å². The van der Waals surface area contributed by atoms with Crippen LogP contribution in [0.2, 0.25) is 0 Å². The van der Waals surface area contributed by atoms with Crippen LogP contribution < -0.4 is 5.32 Å².